The summed E-state index contributed by atoms with van der Waals surface area (Å²) in [4.78, 5) is 42.0. The van der Waals surface area contributed by atoms with Crippen LogP contribution in [0.4, 0.5) is 4.79 Å². The summed E-state index contributed by atoms with van der Waals surface area (Å²) >= 11 is 5.27. The third-order valence-electron chi connectivity index (χ3n) is 3.50. The molecule has 1 saturated heterocycles. The van der Waals surface area contributed by atoms with E-state index in [1.54, 1.807) is 42.4 Å². The number of carbonyl (C=O) groups is 3. The molecule has 0 atom stereocenters. The number of amides is 3. The van der Waals surface area contributed by atoms with E-state index in [4.69, 9.17) is 0 Å². The molecule has 1 aliphatic heterocycles. The largest absolute Gasteiger partial charge is 0.354 e. The van der Waals surface area contributed by atoms with Crippen LogP contribution < -0.4 is 5.32 Å². The maximum atomic E-state index is 12.4. The average molecular weight is 468 g/mol. The van der Waals surface area contributed by atoms with Crippen LogP contribution in [0.2, 0.25) is 0 Å². The van der Waals surface area contributed by atoms with Gasteiger partial charge in [0.25, 0.3) is 11.1 Å². The molecule has 0 aromatic carbocycles. The Labute approximate surface area is 184 Å². The average Bonchev–Trinajstić information content (AvgIpc) is 3.27. The molecule has 0 spiro atoms. The van der Waals surface area contributed by atoms with Crippen LogP contribution in [0.1, 0.15) is 12.5 Å². The van der Waals surface area contributed by atoms with Gasteiger partial charge in [0, 0.05) is 25.5 Å². The van der Waals surface area contributed by atoms with Crippen molar-refractivity contribution in [3.8, 4) is 0 Å². The van der Waals surface area contributed by atoms with Gasteiger partial charge in [0.1, 0.15) is 0 Å². The second-order valence-electron chi connectivity index (χ2n) is 5.53. The number of imide groups is 1. The number of thioether (sulfide) groups is 3. The molecule has 0 saturated carbocycles. The van der Waals surface area contributed by atoms with Crippen LogP contribution in [-0.4, -0.2) is 61.7 Å². The number of nitrogens with one attached hydrogen (secondary N) is 1. The smallest absolute Gasteiger partial charge is 0.293 e. The number of hydrogen-bond donors (Lipinski definition) is 1. The summed E-state index contributed by atoms with van der Waals surface area (Å²) in [6.45, 7) is 2.37. The topological polar surface area (TPSA) is 105 Å². The van der Waals surface area contributed by atoms with Gasteiger partial charge >= 0.3 is 0 Å². The van der Waals surface area contributed by atoms with Gasteiger partial charge in [-0.05, 0) is 35.2 Å². The summed E-state index contributed by atoms with van der Waals surface area (Å²) in [6, 6.07) is 3.57. The van der Waals surface area contributed by atoms with E-state index in [0.717, 1.165) is 36.7 Å². The van der Waals surface area contributed by atoms with Crippen molar-refractivity contribution >= 4 is 69.8 Å². The van der Waals surface area contributed by atoms with Gasteiger partial charge in [0.15, 0.2) is 8.68 Å². The van der Waals surface area contributed by atoms with E-state index in [1.165, 1.54) is 23.1 Å². The van der Waals surface area contributed by atoms with Gasteiger partial charge < -0.3 is 5.32 Å². The SMILES string of the molecule is CCSc1nnc(SCC(=O)NCCN2C(=O)SC(=Cc3cccnc3)C2=O)s1. The molecule has 152 valence electrons. The van der Waals surface area contributed by atoms with Crippen molar-refractivity contribution in [3.05, 3.63) is 35.0 Å². The molecule has 0 unspecified atom stereocenters. The first-order valence-electron chi connectivity index (χ1n) is 8.58. The maximum absolute atomic E-state index is 12.4. The van der Waals surface area contributed by atoms with E-state index >= 15 is 0 Å². The first kappa shape index (κ1) is 21.8. The predicted octanol–water partition coefficient (Wildman–Crippen LogP) is 2.99. The number of aromatic nitrogens is 3. The quantitative estimate of drug-likeness (QED) is 0.440. The molecule has 3 amide bonds. The van der Waals surface area contributed by atoms with E-state index in [-0.39, 0.29) is 35.9 Å². The molecule has 3 rings (SSSR count). The minimum atomic E-state index is -0.359. The van der Waals surface area contributed by atoms with Gasteiger partial charge in [0.05, 0.1) is 10.7 Å². The molecule has 29 heavy (non-hydrogen) atoms. The third kappa shape index (κ3) is 6.29. The van der Waals surface area contributed by atoms with E-state index in [2.05, 4.69) is 20.5 Å². The third-order valence-corrected chi connectivity index (χ3v) is 7.48. The lowest BCUT2D eigenvalue weighted by atomic mass is 10.2. The molecule has 0 radical (unpaired) electrons. The van der Waals surface area contributed by atoms with Crippen molar-refractivity contribution in [3.63, 3.8) is 0 Å². The Hall–Kier alpha value is -1.89. The minimum absolute atomic E-state index is 0.127. The number of nitrogens with zero attached hydrogens (tertiary/aromatic N) is 4. The maximum Gasteiger partial charge on any atom is 0.293 e. The Morgan fingerprint density at radius 3 is 2.79 bits per heavy atom. The molecular formula is C17H17N5O3S4. The van der Waals surface area contributed by atoms with Gasteiger partial charge in [-0.2, -0.15) is 0 Å². The number of carbonyl (C=O) groups excluding carboxylic acids is 3. The summed E-state index contributed by atoms with van der Waals surface area (Å²) in [5, 5.41) is 10.5. The molecule has 0 aliphatic carbocycles. The normalized spacial score (nSPS) is 15.3. The summed E-state index contributed by atoms with van der Waals surface area (Å²) in [7, 11) is 0. The molecule has 1 fully saturated rings. The highest BCUT2D eigenvalue weighted by atomic mass is 32.2. The summed E-state index contributed by atoms with van der Waals surface area (Å²) < 4.78 is 1.62. The zero-order valence-electron chi connectivity index (χ0n) is 15.4. The first-order chi connectivity index (χ1) is 14.1. The van der Waals surface area contributed by atoms with Gasteiger partial charge in [-0.15, -0.1) is 10.2 Å². The van der Waals surface area contributed by atoms with Crippen molar-refractivity contribution < 1.29 is 14.4 Å². The lowest BCUT2D eigenvalue weighted by Crippen LogP contribution is -2.37. The van der Waals surface area contributed by atoms with Crippen molar-refractivity contribution in [1.82, 2.24) is 25.4 Å². The highest BCUT2D eigenvalue weighted by Crippen LogP contribution is 2.32. The zero-order chi connectivity index (χ0) is 20.6. The standard InChI is InChI=1S/C17H17N5O3S4/c1-2-26-15-20-21-16(29-15)27-10-13(23)19-6-7-22-14(24)12(28-17(22)25)8-11-4-3-5-18-9-11/h3-5,8-9H,2,6-7,10H2,1H3,(H,19,23). The van der Waals surface area contributed by atoms with Crippen LogP contribution in [0.15, 0.2) is 38.1 Å². The van der Waals surface area contributed by atoms with Crippen molar-refractivity contribution in [2.24, 2.45) is 0 Å². The lowest BCUT2D eigenvalue weighted by molar-refractivity contribution is -0.123. The molecule has 1 N–H and O–H groups in total. The highest BCUT2D eigenvalue weighted by Gasteiger charge is 2.34. The Kier molecular flexibility index (Phi) is 8.09. The fourth-order valence-corrected chi connectivity index (χ4v) is 5.84. The molecule has 8 nitrogen and oxygen atoms in total. The Morgan fingerprint density at radius 1 is 1.28 bits per heavy atom. The van der Waals surface area contributed by atoms with Crippen molar-refractivity contribution in [2.75, 3.05) is 24.6 Å². The second-order valence-corrected chi connectivity index (χ2v) is 10.2. The minimum Gasteiger partial charge on any atom is -0.354 e. The molecule has 2 aromatic heterocycles. The van der Waals surface area contributed by atoms with Gasteiger partial charge in [-0.25, -0.2) is 0 Å². The molecule has 12 heteroatoms. The summed E-state index contributed by atoms with van der Waals surface area (Å²) in [5.74, 6) is 0.578. The Morgan fingerprint density at radius 2 is 2.07 bits per heavy atom. The van der Waals surface area contributed by atoms with Crippen LogP contribution in [0, 0.1) is 0 Å². The lowest BCUT2D eigenvalue weighted by Gasteiger charge is -2.12. The highest BCUT2D eigenvalue weighted by molar-refractivity contribution is 8.18. The predicted molar refractivity (Wildman–Crippen MR) is 117 cm³/mol. The molecule has 2 aromatic rings. The zero-order valence-corrected chi connectivity index (χ0v) is 18.6. The first-order valence-corrected chi connectivity index (χ1v) is 12.2. The van der Waals surface area contributed by atoms with E-state index in [9.17, 15) is 14.4 Å². The van der Waals surface area contributed by atoms with Gasteiger partial charge in [-0.1, -0.05) is 47.9 Å². The van der Waals surface area contributed by atoms with Gasteiger partial charge in [0.2, 0.25) is 5.91 Å². The second kappa shape index (κ2) is 10.8. The Bertz CT molecular complexity index is 919. The van der Waals surface area contributed by atoms with Crippen molar-refractivity contribution in [2.45, 2.75) is 15.6 Å². The number of pyridine rings is 1. The molecule has 0 bridgehead atoms. The fraction of sp³-hybridized carbons (Fsp3) is 0.294. The monoisotopic (exact) mass is 467 g/mol. The summed E-state index contributed by atoms with van der Waals surface area (Å²) in [6.07, 6.45) is 4.89. The van der Waals surface area contributed by atoms with Crippen LogP contribution in [0.5, 0.6) is 0 Å². The Balaban J connectivity index is 1.43. The summed E-state index contributed by atoms with van der Waals surface area (Å²) in [5.41, 5.74) is 0.750. The van der Waals surface area contributed by atoms with Gasteiger partial charge in [-0.3, -0.25) is 24.3 Å². The molecular weight excluding hydrogens is 450 g/mol. The van der Waals surface area contributed by atoms with Crippen LogP contribution in [-0.2, 0) is 9.59 Å². The van der Waals surface area contributed by atoms with E-state index in [1.807, 2.05) is 6.92 Å². The van der Waals surface area contributed by atoms with Crippen LogP contribution in [0.3, 0.4) is 0 Å². The number of rotatable bonds is 9. The molecule has 1 aliphatic rings. The number of hydrogen-bond acceptors (Lipinski definition) is 10. The van der Waals surface area contributed by atoms with Crippen LogP contribution >= 0.6 is 46.6 Å². The fourth-order valence-electron chi connectivity index (χ4n) is 2.23. The van der Waals surface area contributed by atoms with Crippen LogP contribution in [0.25, 0.3) is 6.08 Å². The van der Waals surface area contributed by atoms with Crippen molar-refractivity contribution in [1.29, 1.82) is 0 Å². The molecule has 3 heterocycles. The van der Waals surface area contributed by atoms with E-state index in [0.29, 0.717) is 4.91 Å². The van der Waals surface area contributed by atoms with E-state index < -0.39 is 0 Å².